The second kappa shape index (κ2) is 7.71. The summed E-state index contributed by atoms with van der Waals surface area (Å²) < 4.78 is 4.96. The summed E-state index contributed by atoms with van der Waals surface area (Å²) in [6.07, 6.45) is 0.184. The van der Waals surface area contributed by atoms with Crippen LogP contribution in [0.5, 0.6) is 0 Å². The monoisotopic (exact) mass is 354 g/mol. The molecular formula is C15H22N4O4S. The highest BCUT2D eigenvalue weighted by atomic mass is 32.1. The van der Waals surface area contributed by atoms with Crippen molar-refractivity contribution in [1.82, 2.24) is 14.8 Å². The predicted octanol–water partition coefficient (Wildman–Crippen LogP) is 0.587. The number of anilines is 1. The first-order valence-corrected chi connectivity index (χ1v) is 8.41. The number of likely N-dealkylation sites (tertiary alicyclic amines) is 1. The maximum absolute atomic E-state index is 12.4. The Morgan fingerprint density at radius 1 is 1.46 bits per heavy atom. The first-order valence-electron chi connectivity index (χ1n) is 7.60. The van der Waals surface area contributed by atoms with Crippen molar-refractivity contribution in [2.75, 3.05) is 46.2 Å². The third-order valence-electron chi connectivity index (χ3n) is 3.78. The number of amides is 3. The van der Waals surface area contributed by atoms with Crippen molar-refractivity contribution in [3.8, 4) is 0 Å². The fourth-order valence-corrected chi connectivity index (χ4v) is 3.42. The number of nitrogens with zero attached hydrogens (tertiary/aromatic N) is 3. The number of hydrogen-bond acceptors (Lipinski definition) is 6. The molecule has 1 saturated heterocycles. The molecule has 24 heavy (non-hydrogen) atoms. The molecule has 0 aromatic carbocycles. The van der Waals surface area contributed by atoms with Gasteiger partial charge in [-0.2, -0.15) is 0 Å². The van der Waals surface area contributed by atoms with E-state index in [2.05, 4.69) is 10.3 Å². The van der Waals surface area contributed by atoms with E-state index in [1.54, 1.807) is 33.0 Å². The van der Waals surface area contributed by atoms with Gasteiger partial charge >= 0.3 is 0 Å². The summed E-state index contributed by atoms with van der Waals surface area (Å²) in [6, 6.07) is 0. The number of nitrogens with one attached hydrogen (secondary N) is 1. The van der Waals surface area contributed by atoms with E-state index in [1.807, 2.05) is 0 Å². The van der Waals surface area contributed by atoms with Gasteiger partial charge < -0.3 is 19.9 Å². The van der Waals surface area contributed by atoms with Crippen LogP contribution < -0.4 is 5.32 Å². The largest absolute Gasteiger partial charge is 0.383 e. The topological polar surface area (TPSA) is 91.8 Å². The quantitative estimate of drug-likeness (QED) is 0.807. The third kappa shape index (κ3) is 4.09. The van der Waals surface area contributed by atoms with E-state index in [1.165, 1.54) is 4.90 Å². The molecule has 9 heteroatoms. The first kappa shape index (κ1) is 18.3. The molecule has 1 atom stereocenters. The number of carbonyl (C=O) groups is 3. The van der Waals surface area contributed by atoms with E-state index < -0.39 is 5.92 Å². The summed E-state index contributed by atoms with van der Waals surface area (Å²) in [5.74, 6) is -0.856. The number of ether oxygens (including phenoxy) is 1. The zero-order valence-electron chi connectivity index (χ0n) is 14.3. The molecule has 1 aliphatic heterocycles. The minimum absolute atomic E-state index is 0.0500. The summed E-state index contributed by atoms with van der Waals surface area (Å²) in [7, 11) is 4.90. The molecule has 0 radical (unpaired) electrons. The Morgan fingerprint density at radius 2 is 2.17 bits per heavy atom. The molecule has 2 rings (SSSR count). The smallest absolute Gasteiger partial charge is 0.265 e. The Hall–Kier alpha value is -2.00. The summed E-state index contributed by atoms with van der Waals surface area (Å²) >= 11 is 1.15. The number of aryl methyl sites for hydroxylation is 1. The Morgan fingerprint density at radius 3 is 2.79 bits per heavy atom. The molecule has 1 fully saturated rings. The fraction of sp³-hybridized carbons (Fsp3) is 0.600. The third-order valence-corrected chi connectivity index (χ3v) is 4.84. The minimum Gasteiger partial charge on any atom is -0.383 e. The van der Waals surface area contributed by atoms with Crippen LogP contribution in [0.3, 0.4) is 0 Å². The molecule has 1 aliphatic rings. The average Bonchev–Trinajstić information content (AvgIpc) is 3.07. The predicted molar refractivity (Wildman–Crippen MR) is 90.1 cm³/mol. The van der Waals surface area contributed by atoms with Crippen molar-refractivity contribution in [2.24, 2.45) is 5.92 Å². The van der Waals surface area contributed by atoms with Gasteiger partial charge in [0.05, 0.1) is 18.2 Å². The molecule has 0 bridgehead atoms. The molecule has 8 nitrogen and oxygen atoms in total. The van der Waals surface area contributed by atoms with Gasteiger partial charge in [0.15, 0.2) is 5.13 Å². The van der Waals surface area contributed by atoms with Crippen molar-refractivity contribution < 1.29 is 19.1 Å². The van der Waals surface area contributed by atoms with Crippen LogP contribution in [0.25, 0.3) is 0 Å². The normalized spacial score (nSPS) is 17.2. The van der Waals surface area contributed by atoms with Crippen LogP contribution in [0.1, 0.15) is 21.8 Å². The maximum Gasteiger partial charge on any atom is 0.265 e. The second-order valence-corrected chi connectivity index (χ2v) is 6.86. The van der Waals surface area contributed by atoms with Crippen LogP contribution in [0, 0.1) is 12.8 Å². The number of aromatic nitrogens is 1. The van der Waals surface area contributed by atoms with Crippen LogP contribution in [0.4, 0.5) is 5.13 Å². The molecule has 0 saturated carbocycles. The van der Waals surface area contributed by atoms with Gasteiger partial charge in [0, 0.05) is 40.7 Å². The lowest BCUT2D eigenvalue weighted by atomic mass is 10.1. The zero-order chi connectivity index (χ0) is 17.9. The molecule has 1 aromatic rings. The summed E-state index contributed by atoms with van der Waals surface area (Å²) in [5, 5.41) is 3.10. The lowest BCUT2D eigenvalue weighted by Crippen LogP contribution is -2.30. The lowest BCUT2D eigenvalue weighted by Gasteiger charge is -2.15. The summed E-state index contributed by atoms with van der Waals surface area (Å²) in [6.45, 7) is 3.04. The van der Waals surface area contributed by atoms with E-state index in [9.17, 15) is 14.4 Å². The molecule has 1 unspecified atom stereocenters. The Balaban J connectivity index is 1.99. The SMILES string of the molecule is COCCN1CC(C(=O)Nc2nc(C)c(C(=O)N(C)C)s2)CC1=O. The Labute approximate surface area is 144 Å². The second-order valence-electron chi connectivity index (χ2n) is 5.86. The zero-order valence-corrected chi connectivity index (χ0v) is 15.1. The summed E-state index contributed by atoms with van der Waals surface area (Å²) in [4.78, 5) is 44.1. The van der Waals surface area contributed by atoms with Crippen LogP contribution in [0.2, 0.25) is 0 Å². The van der Waals surface area contributed by atoms with Gasteiger partial charge in [-0.1, -0.05) is 11.3 Å². The van der Waals surface area contributed by atoms with E-state index in [0.29, 0.717) is 35.4 Å². The van der Waals surface area contributed by atoms with Crippen molar-refractivity contribution in [3.63, 3.8) is 0 Å². The highest BCUT2D eigenvalue weighted by Gasteiger charge is 2.34. The number of carbonyl (C=O) groups excluding carboxylic acids is 3. The lowest BCUT2D eigenvalue weighted by molar-refractivity contribution is -0.128. The first-order chi connectivity index (χ1) is 11.3. The van der Waals surface area contributed by atoms with Crippen molar-refractivity contribution >= 4 is 34.2 Å². The molecule has 3 amide bonds. The highest BCUT2D eigenvalue weighted by molar-refractivity contribution is 7.17. The average molecular weight is 354 g/mol. The highest BCUT2D eigenvalue weighted by Crippen LogP contribution is 2.25. The van der Waals surface area contributed by atoms with Gasteiger partial charge in [0.2, 0.25) is 11.8 Å². The molecule has 1 N–H and O–H groups in total. The summed E-state index contributed by atoms with van der Waals surface area (Å²) in [5.41, 5.74) is 0.582. The maximum atomic E-state index is 12.4. The number of methoxy groups -OCH3 is 1. The molecule has 0 aliphatic carbocycles. The molecule has 2 heterocycles. The van der Waals surface area contributed by atoms with Gasteiger partial charge in [-0.05, 0) is 6.92 Å². The van der Waals surface area contributed by atoms with E-state index >= 15 is 0 Å². The standard InChI is InChI=1S/C15H22N4O4S/c1-9-12(14(22)18(2)3)24-15(16-9)17-13(21)10-7-11(20)19(8-10)5-6-23-4/h10H,5-8H2,1-4H3,(H,16,17,21). The van der Waals surface area contributed by atoms with E-state index in [4.69, 9.17) is 4.74 Å². The number of thiazole rings is 1. The van der Waals surface area contributed by atoms with Gasteiger partial charge in [-0.25, -0.2) is 4.98 Å². The van der Waals surface area contributed by atoms with Crippen molar-refractivity contribution in [2.45, 2.75) is 13.3 Å². The van der Waals surface area contributed by atoms with Gasteiger partial charge in [-0.3, -0.25) is 14.4 Å². The van der Waals surface area contributed by atoms with Gasteiger partial charge in [0.1, 0.15) is 4.88 Å². The van der Waals surface area contributed by atoms with Gasteiger partial charge in [0.25, 0.3) is 5.91 Å². The van der Waals surface area contributed by atoms with Crippen molar-refractivity contribution in [1.29, 1.82) is 0 Å². The van der Waals surface area contributed by atoms with Crippen molar-refractivity contribution in [3.05, 3.63) is 10.6 Å². The van der Waals surface area contributed by atoms with Crippen LogP contribution >= 0.6 is 11.3 Å². The molecule has 0 spiro atoms. The Bertz CT molecular complexity index is 643. The van der Waals surface area contributed by atoms with Crippen LogP contribution in [-0.2, 0) is 14.3 Å². The van der Waals surface area contributed by atoms with Gasteiger partial charge in [-0.15, -0.1) is 0 Å². The Kier molecular flexibility index (Phi) is 5.89. The fourth-order valence-electron chi connectivity index (χ4n) is 2.42. The van der Waals surface area contributed by atoms with Crippen LogP contribution in [0.15, 0.2) is 0 Å². The molecular weight excluding hydrogens is 332 g/mol. The number of hydrogen-bond donors (Lipinski definition) is 1. The van der Waals surface area contributed by atoms with E-state index in [-0.39, 0.29) is 24.1 Å². The minimum atomic E-state index is -0.411. The molecule has 132 valence electrons. The van der Waals surface area contributed by atoms with E-state index in [0.717, 1.165) is 11.3 Å². The van der Waals surface area contributed by atoms with Crippen LogP contribution in [-0.4, -0.2) is 73.4 Å². The molecule has 1 aromatic heterocycles. The number of rotatable bonds is 6.